The van der Waals surface area contributed by atoms with Crippen LogP contribution in [0.2, 0.25) is 5.02 Å². The van der Waals surface area contributed by atoms with Gasteiger partial charge < -0.3 is 14.8 Å². The van der Waals surface area contributed by atoms with Gasteiger partial charge in [0.1, 0.15) is 0 Å². The largest absolute Gasteiger partial charge is 0.346 e. The van der Waals surface area contributed by atoms with Gasteiger partial charge in [0.2, 0.25) is 0 Å². The van der Waals surface area contributed by atoms with Crippen molar-refractivity contribution in [3.63, 3.8) is 0 Å². The third kappa shape index (κ3) is 3.53. The van der Waals surface area contributed by atoms with Gasteiger partial charge in [-0.05, 0) is 63.1 Å². The Morgan fingerprint density at radius 2 is 1.61 bits per heavy atom. The molecule has 2 aromatic rings. The molecule has 0 spiro atoms. The Balaban J connectivity index is 1.58. The maximum absolute atomic E-state index is 12.4. The number of carbonyl (C=O) groups is 1. The third-order valence-corrected chi connectivity index (χ3v) is 4.79. The van der Waals surface area contributed by atoms with E-state index in [1.54, 1.807) is 12.1 Å². The molecule has 2 heterocycles. The summed E-state index contributed by atoms with van der Waals surface area (Å²) in [6.45, 7) is 5.85. The maximum Gasteiger partial charge on any atom is 0.321 e. The van der Waals surface area contributed by atoms with Gasteiger partial charge in [-0.3, -0.25) is 0 Å². The average Bonchev–Trinajstić information content (AvgIpc) is 2.88. The van der Waals surface area contributed by atoms with Crippen molar-refractivity contribution in [2.24, 2.45) is 0 Å². The Morgan fingerprint density at radius 3 is 2.17 bits per heavy atom. The highest BCUT2D eigenvalue weighted by molar-refractivity contribution is 6.30. The smallest absolute Gasteiger partial charge is 0.321 e. The number of hydrogen-bond donors (Lipinski definition) is 1. The van der Waals surface area contributed by atoms with Crippen molar-refractivity contribution < 1.29 is 4.79 Å². The summed E-state index contributed by atoms with van der Waals surface area (Å²) in [6, 6.07) is 12.0. The molecule has 0 saturated carbocycles. The number of urea groups is 1. The van der Waals surface area contributed by atoms with Crippen LogP contribution in [0.15, 0.2) is 36.4 Å². The number of carbonyl (C=O) groups excluding carboxylic acids is 1. The molecule has 1 saturated heterocycles. The summed E-state index contributed by atoms with van der Waals surface area (Å²) in [5, 5.41) is 3.60. The lowest BCUT2D eigenvalue weighted by atomic mass is 10.0. The third-order valence-electron chi connectivity index (χ3n) is 4.54. The number of halogens is 1. The second-order valence-corrected chi connectivity index (χ2v) is 6.58. The number of hydrogen-bond acceptors (Lipinski definition) is 1. The normalized spacial score (nSPS) is 15.7. The molecule has 122 valence electrons. The van der Waals surface area contributed by atoms with E-state index in [9.17, 15) is 4.79 Å². The minimum Gasteiger partial charge on any atom is -0.346 e. The zero-order valence-corrected chi connectivity index (χ0v) is 14.3. The zero-order valence-electron chi connectivity index (χ0n) is 13.6. The zero-order chi connectivity index (χ0) is 16.4. The molecule has 23 heavy (non-hydrogen) atoms. The summed E-state index contributed by atoms with van der Waals surface area (Å²) < 4.78 is 2.40. The van der Waals surface area contributed by atoms with Crippen LogP contribution in [-0.4, -0.2) is 28.6 Å². The molecule has 0 unspecified atom stereocenters. The van der Waals surface area contributed by atoms with Gasteiger partial charge in [-0.15, -0.1) is 0 Å². The van der Waals surface area contributed by atoms with Gasteiger partial charge in [0.05, 0.1) is 0 Å². The summed E-state index contributed by atoms with van der Waals surface area (Å²) in [6.07, 6.45) is 1.98. The van der Waals surface area contributed by atoms with Crippen LogP contribution in [-0.2, 0) is 0 Å². The predicted octanol–water partition coefficient (Wildman–Crippen LogP) is 4.63. The molecular formula is C18H22ClN3O. The van der Waals surface area contributed by atoms with E-state index in [-0.39, 0.29) is 6.03 Å². The lowest BCUT2D eigenvalue weighted by Crippen LogP contribution is -2.41. The van der Waals surface area contributed by atoms with Crippen molar-refractivity contribution in [2.75, 3.05) is 18.4 Å². The van der Waals surface area contributed by atoms with E-state index in [1.165, 1.54) is 11.4 Å². The molecule has 0 radical (unpaired) electrons. The van der Waals surface area contributed by atoms with Crippen LogP contribution in [0.25, 0.3) is 0 Å². The molecule has 1 N–H and O–H groups in total. The SMILES string of the molecule is Cc1ccc(C)n1C1CCN(C(=O)Nc2ccc(Cl)cc2)CC1. The highest BCUT2D eigenvalue weighted by Gasteiger charge is 2.25. The summed E-state index contributed by atoms with van der Waals surface area (Å²) >= 11 is 5.86. The van der Waals surface area contributed by atoms with Gasteiger partial charge in [0.25, 0.3) is 0 Å². The van der Waals surface area contributed by atoms with Crippen LogP contribution in [0, 0.1) is 13.8 Å². The van der Waals surface area contributed by atoms with Crippen molar-refractivity contribution in [1.29, 1.82) is 0 Å². The maximum atomic E-state index is 12.4. The summed E-state index contributed by atoms with van der Waals surface area (Å²) in [4.78, 5) is 14.2. The number of piperidine rings is 1. The van der Waals surface area contributed by atoms with Crippen LogP contribution in [0.5, 0.6) is 0 Å². The Hall–Kier alpha value is -1.94. The van der Waals surface area contributed by atoms with Crippen molar-refractivity contribution in [3.05, 3.63) is 52.8 Å². The van der Waals surface area contributed by atoms with Crippen LogP contribution in [0.1, 0.15) is 30.3 Å². The number of aromatic nitrogens is 1. The van der Waals surface area contributed by atoms with Gasteiger partial charge in [0, 0.05) is 41.2 Å². The first kappa shape index (κ1) is 15.9. The fourth-order valence-electron chi connectivity index (χ4n) is 3.32. The molecule has 0 bridgehead atoms. The molecule has 3 rings (SSSR count). The number of aryl methyl sites for hydroxylation is 2. The number of rotatable bonds is 2. The monoisotopic (exact) mass is 331 g/mol. The van der Waals surface area contributed by atoms with Gasteiger partial charge >= 0.3 is 6.03 Å². The predicted molar refractivity (Wildman–Crippen MR) is 94.2 cm³/mol. The van der Waals surface area contributed by atoms with Crippen molar-refractivity contribution in [1.82, 2.24) is 9.47 Å². The van der Waals surface area contributed by atoms with Crippen molar-refractivity contribution >= 4 is 23.3 Å². The van der Waals surface area contributed by atoms with E-state index in [0.717, 1.165) is 31.6 Å². The first-order valence-electron chi connectivity index (χ1n) is 8.00. The Kier molecular flexibility index (Phi) is 4.62. The summed E-state index contributed by atoms with van der Waals surface area (Å²) in [5.41, 5.74) is 3.37. The Morgan fingerprint density at radius 1 is 1.04 bits per heavy atom. The van der Waals surface area contributed by atoms with Gasteiger partial charge in [-0.2, -0.15) is 0 Å². The van der Waals surface area contributed by atoms with E-state index in [4.69, 9.17) is 11.6 Å². The Bertz CT molecular complexity index is 665. The number of nitrogens with one attached hydrogen (secondary N) is 1. The molecule has 1 aromatic heterocycles. The minimum atomic E-state index is -0.0354. The number of anilines is 1. The molecule has 1 aliphatic heterocycles. The molecule has 1 aromatic carbocycles. The molecule has 1 fully saturated rings. The number of amides is 2. The molecular weight excluding hydrogens is 310 g/mol. The van der Waals surface area contributed by atoms with E-state index >= 15 is 0 Å². The van der Waals surface area contributed by atoms with Gasteiger partial charge in [0.15, 0.2) is 0 Å². The first-order valence-corrected chi connectivity index (χ1v) is 8.38. The second-order valence-electron chi connectivity index (χ2n) is 6.14. The molecule has 5 heteroatoms. The number of likely N-dealkylation sites (tertiary alicyclic amines) is 1. The van der Waals surface area contributed by atoms with Crippen molar-refractivity contribution in [3.8, 4) is 0 Å². The molecule has 0 aliphatic carbocycles. The quantitative estimate of drug-likeness (QED) is 0.856. The topological polar surface area (TPSA) is 37.3 Å². The lowest BCUT2D eigenvalue weighted by Gasteiger charge is -2.34. The van der Waals surface area contributed by atoms with E-state index in [0.29, 0.717) is 11.1 Å². The van der Waals surface area contributed by atoms with Gasteiger partial charge in [-0.25, -0.2) is 4.79 Å². The molecule has 4 nitrogen and oxygen atoms in total. The van der Waals surface area contributed by atoms with E-state index in [1.807, 2.05) is 17.0 Å². The van der Waals surface area contributed by atoms with Crippen LogP contribution < -0.4 is 5.32 Å². The Labute approximate surface area is 142 Å². The molecule has 2 amide bonds. The van der Waals surface area contributed by atoms with Crippen molar-refractivity contribution in [2.45, 2.75) is 32.7 Å². The minimum absolute atomic E-state index is 0.0354. The van der Waals surface area contributed by atoms with E-state index in [2.05, 4.69) is 35.9 Å². The van der Waals surface area contributed by atoms with E-state index < -0.39 is 0 Å². The number of nitrogens with zero attached hydrogens (tertiary/aromatic N) is 2. The number of benzene rings is 1. The molecule has 1 aliphatic rings. The van der Waals surface area contributed by atoms with Gasteiger partial charge in [-0.1, -0.05) is 11.6 Å². The highest BCUT2D eigenvalue weighted by atomic mass is 35.5. The average molecular weight is 332 g/mol. The van der Waals surface area contributed by atoms with Crippen LogP contribution >= 0.6 is 11.6 Å². The second kappa shape index (κ2) is 6.67. The lowest BCUT2D eigenvalue weighted by molar-refractivity contribution is 0.183. The van der Waals surface area contributed by atoms with Crippen LogP contribution in [0.4, 0.5) is 10.5 Å². The summed E-state index contributed by atoms with van der Waals surface area (Å²) in [5.74, 6) is 0. The highest BCUT2D eigenvalue weighted by Crippen LogP contribution is 2.26. The standard InChI is InChI=1S/C18H22ClN3O/c1-13-3-4-14(2)22(13)17-9-11-21(12-10-17)18(23)20-16-7-5-15(19)6-8-16/h3-8,17H,9-12H2,1-2H3,(H,20,23). The first-order chi connectivity index (χ1) is 11.0. The summed E-state index contributed by atoms with van der Waals surface area (Å²) in [7, 11) is 0. The van der Waals surface area contributed by atoms with Crippen LogP contribution in [0.3, 0.4) is 0 Å². The fourth-order valence-corrected chi connectivity index (χ4v) is 3.44. The fraction of sp³-hybridized carbons (Fsp3) is 0.389. The molecule has 0 atom stereocenters.